The molecule has 6 heteroatoms. The van der Waals surface area contributed by atoms with E-state index < -0.39 is 10.0 Å². The van der Waals surface area contributed by atoms with Crippen LogP contribution >= 0.6 is 0 Å². The number of sulfonamides is 1. The van der Waals surface area contributed by atoms with Crippen molar-refractivity contribution in [3.63, 3.8) is 0 Å². The van der Waals surface area contributed by atoms with Crippen molar-refractivity contribution in [3.8, 4) is 0 Å². The Morgan fingerprint density at radius 1 is 1.08 bits per heavy atom. The minimum absolute atomic E-state index is 0.0665. The molecule has 0 unspecified atom stereocenters. The van der Waals surface area contributed by atoms with Crippen LogP contribution in [0, 0.1) is 13.8 Å². The minimum Gasteiger partial charge on any atom is -0.346 e. The van der Waals surface area contributed by atoms with E-state index in [9.17, 15) is 13.2 Å². The normalized spacial score (nSPS) is 12.7. The standard InChI is InChI=1S/C18H22N2O3S/c1-12-8-9-17(13(2)10-12)14(3)20-18(21)15-6-5-7-16(11-15)24(22,23)19-4/h5-11,14,19H,1-4H3,(H,20,21)/t14-/m0/s1. The van der Waals surface area contributed by atoms with Crippen LogP contribution in [-0.4, -0.2) is 21.4 Å². The van der Waals surface area contributed by atoms with Crippen LogP contribution in [0.2, 0.25) is 0 Å². The average Bonchev–Trinajstić information content (AvgIpc) is 2.54. The van der Waals surface area contributed by atoms with E-state index in [1.807, 2.05) is 32.9 Å². The zero-order valence-corrected chi connectivity index (χ0v) is 15.1. The Kier molecular flexibility index (Phi) is 5.41. The van der Waals surface area contributed by atoms with E-state index in [1.165, 1.54) is 24.7 Å². The molecule has 128 valence electrons. The maximum atomic E-state index is 12.4. The summed E-state index contributed by atoms with van der Waals surface area (Å²) in [5, 5.41) is 2.92. The molecule has 24 heavy (non-hydrogen) atoms. The van der Waals surface area contributed by atoms with Crippen molar-refractivity contribution in [1.82, 2.24) is 10.0 Å². The molecule has 2 aromatic rings. The average molecular weight is 346 g/mol. The second-order valence-corrected chi connectivity index (χ2v) is 7.68. The molecular weight excluding hydrogens is 324 g/mol. The zero-order chi connectivity index (χ0) is 17.9. The van der Waals surface area contributed by atoms with Gasteiger partial charge in [0.1, 0.15) is 0 Å². The molecule has 0 fully saturated rings. The predicted molar refractivity (Wildman–Crippen MR) is 94.5 cm³/mol. The minimum atomic E-state index is -3.58. The summed E-state index contributed by atoms with van der Waals surface area (Å²) in [5.41, 5.74) is 3.62. The third-order valence-electron chi connectivity index (χ3n) is 3.91. The van der Waals surface area contributed by atoms with Crippen LogP contribution in [0.5, 0.6) is 0 Å². The molecule has 0 aliphatic heterocycles. The van der Waals surface area contributed by atoms with Crippen LogP contribution in [0.25, 0.3) is 0 Å². The van der Waals surface area contributed by atoms with Gasteiger partial charge in [0.2, 0.25) is 10.0 Å². The second kappa shape index (κ2) is 7.15. The van der Waals surface area contributed by atoms with Crippen molar-refractivity contribution in [2.45, 2.75) is 31.7 Å². The lowest BCUT2D eigenvalue weighted by Gasteiger charge is -2.17. The Labute approximate surface area is 143 Å². The number of nitrogens with one attached hydrogen (secondary N) is 2. The van der Waals surface area contributed by atoms with Crippen molar-refractivity contribution in [2.24, 2.45) is 0 Å². The maximum Gasteiger partial charge on any atom is 0.251 e. The van der Waals surface area contributed by atoms with E-state index in [-0.39, 0.29) is 16.8 Å². The van der Waals surface area contributed by atoms with Gasteiger partial charge in [0.05, 0.1) is 10.9 Å². The number of benzene rings is 2. The van der Waals surface area contributed by atoms with E-state index >= 15 is 0 Å². The lowest BCUT2D eigenvalue weighted by molar-refractivity contribution is 0.0939. The molecule has 2 aromatic carbocycles. The topological polar surface area (TPSA) is 75.3 Å². The maximum absolute atomic E-state index is 12.4. The van der Waals surface area contributed by atoms with Crippen molar-refractivity contribution < 1.29 is 13.2 Å². The van der Waals surface area contributed by atoms with E-state index in [2.05, 4.69) is 16.1 Å². The molecule has 0 saturated carbocycles. The third-order valence-corrected chi connectivity index (χ3v) is 5.33. The number of carbonyl (C=O) groups is 1. The Hall–Kier alpha value is -2.18. The first-order valence-electron chi connectivity index (χ1n) is 7.66. The number of aryl methyl sites for hydroxylation is 2. The van der Waals surface area contributed by atoms with Crippen molar-refractivity contribution in [3.05, 3.63) is 64.7 Å². The number of carbonyl (C=O) groups excluding carboxylic acids is 1. The van der Waals surface area contributed by atoms with Crippen LogP contribution in [0.1, 0.15) is 40.0 Å². The molecule has 2 rings (SSSR count). The Balaban J connectivity index is 2.22. The summed E-state index contributed by atoms with van der Waals surface area (Å²) in [6, 6.07) is 11.9. The Bertz CT molecular complexity index is 860. The van der Waals surface area contributed by atoms with Gasteiger partial charge in [-0.15, -0.1) is 0 Å². The van der Waals surface area contributed by atoms with Gasteiger partial charge in [0.15, 0.2) is 0 Å². The number of amides is 1. The highest BCUT2D eigenvalue weighted by Crippen LogP contribution is 2.19. The van der Waals surface area contributed by atoms with Crippen LogP contribution in [0.15, 0.2) is 47.4 Å². The van der Waals surface area contributed by atoms with E-state index in [1.54, 1.807) is 12.1 Å². The predicted octanol–water partition coefficient (Wildman–Crippen LogP) is 2.70. The fourth-order valence-electron chi connectivity index (χ4n) is 2.59. The Morgan fingerprint density at radius 2 is 1.79 bits per heavy atom. The second-order valence-electron chi connectivity index (χ2n) is 5.79. The van der Waals surface area contributed by atoms with Gasteiger partial charge in [-0.2, -0.15) is 0 Å². The number of hydrogen-bond acceptors (Lipinski definition) is 3. The van der Waals surface area contributed by atoms with Gasteiger partial charge < -0.3 is 5.32 Å². The highest BCUT2D eigenvalue weighted by atomic mass is 32.2. The summed E-state index contributed by atoms with van der Waals surface area (Å²) in [4.78, 5) is 12.5. The van der Waals surface area contributed by atoms with Crippen molar-refractivity contribution in [1.29, 1.82) is 0 Å². The molecule has 0 aromatic heterocycles. The summed E-state index contributed by atoms with van der Waals surface area (Å²) in [6.45, 7) is 5.93. The molecule has 1 amide bonds. The molecular formula is C18H22N2O3S. The molecule has 0 radical (unpaired) electrons. The quantitative estimate of drug-likeness (QED) is 0.874. The summed E-state index contributed by atoms with van der Waals surface area (Å²) in [6.07, 6.45) is 0. The summed E-state index contributed by atoms with van der Waals surface area (Å²) in [7, 11) is -2.24. The van der Waals surface area contributed by atoms with Crippen LogP contribution in [-0.2, 0) is 10.0 Å². The molecule has 0 bridgehead atoms. The van der Waals surface area contributed by atoms with Gasteiger partial charge in [0.25, 0.3) is 5.91 Å². The molecule has 1 atom stereocenters. The molecule has 0 saturated heterocycles. The molecule has 0 heterocycles. The van der Waals surface area contributed by atoms with E-state index in [4.69, 9.17) is 0 Å². The first-order valence-corrected chi connectivity index (χ1v) is 9.14. The van der Waals surface area contributed by atoms with Gasteiger partial charge in [-0.3, -0.25) is 4.79 Å². The van der Waals surface area contributed by atoms with Crippen LogP contribution < -0.4 is 10.0 Å². The van der Waals surface area contributed by atoms with E-state index in [0.717, 1.165) is 11.1 Å². The largest absolute Gasteiger partial charge is 0.346 e. The Morgan fingerprint density at radius 3 is 2.42 bits per heavy atom. The number of rotatable bonds is 5. The lowest BCUT2D eigenvalue weighted by Crippen LogP contribution is -2.27. The van der Waals surface area contributed by atoms with Crippen molar-refractivity contribution >= 4 is 15.9 Å². The van der Waals surface area contributed by atoms with Crippen LogP contribution in [0.4, 0.5) is 0 Å². The van der Waals surface area contributed by atoms with Gasteiger partial charge in [-0.25, -0.2) is 13.1 Å². The third kappa shape index (κ3) is 4.01. The first kappa shape index (κ1) is 18.2. The van der Waals surface area contributed by atoms with Gasteiger partial charge in [-0.05, 0) is 57.1 Å². The highest BCUT2D eigenvalue weighted by Gasteiger charge is 2.16. The van der Waals surface area contributed by atoms with Crippen LogP contribution in [0.3, 0.4) is 0 Å². The van der Waals surface area contributed by atoms with Gasteiger partial charge >= 0.3 is 0 Å². The van der Waals surface area contributed by atoms with E-state index in [0.29, 0.717) is 5.56 Å². The summed E-state index contributed by atoms with van der Waals surface area (Å²) in [5.74, 6) is -0.310. The monoisotopic (exact) mass is 346 g/mol. The molecule has 0 spiro atoms. The van der Waals surface area contributed by atoms with Gasteiger partial charge in [-0.1, -0.05) is 29.8 Å². The van der Waals surface area contributed by atoms with Crippen molar-refractivity contribution in [2.75, 3.05) is 7.05 Å². The summed E-state index contributed by atoms with van der Waals surface area (Å²) >= 11 is 0. The fraction of sp³-hybridized carbons (Fsp3) is 0.278. The number of hydrogen-bond donors (Lipinski definition) is 2. The first-order chi connectivity index (χ1) is 11.2. The molecule has 2 N–H and O–H groups in total. The fourth-order valence-corrected chi connectivity index (χ4v) is 3.37. The molecule has 5 nitrogen and oxygen atoms in total. The molecule has 0 aliphatic carbocycles. The SMILES string of the molecule is CNS(=O)(=O)c1cccc(C(=O)N[C@@H](C)c2ccc(C)cc2C)c1. The summed E-state index contributed by atoms with van der Waals surface area (Å²) < 4.78 is 25.9. The molecule has 0 aliphatic rings. The van der Waals surface area contributed by atoms with Gasteiger partial charge in [0, 0.05) is 5.56 Å². The highest BCUT2D eigenvalue weighted by molar-refractivity contribution is 7.89. The zero-order valence-electron chi connectivity index (χ0n) is 14.3. The smallest absolute Gasteiger partial charge is 0.251 e. The lowest BCUT2D eigenvalue weighted by atomic mass is 10.00.